The van der Waals surface area contributed by atoms with Crippen molar-refractivity contribution < 1.29 is 28.3 Å². The van der Waals surface area contributed by atoms with Gasteiger partial charge in [0.25, 0.3) is 0 Å². The van der Waals surface area contributed by atoms with Crippen LogP contribution in [0.25, 0.3) is 0 Å². The number of carboxylic acid groups (broad SMARTS) is 2. The Morgan fingerprint density at radius 2 is 1.59 bits per heavy atom. The van der Waals surface area contributed by atoms with Crippen LogP contribution in [0.1, 0.15) is 47.5 Å². The van der Waals surface area contributed by atoms with Gasteiger partial charge in [-0.25, -0.2) is 9.59 Å². The molecule has 2 unspecified atom stereocenters. The van der Waals surface area contributed by atoms with E-state index in [2.05, 4.69) is 46.6 Å². The first-order chi connectivity index (χ1) is 12.9. The van der Waals surface area contributed by atoms with E-state index in [1.54, 1.807) is 13.8 Å². The number of aliphatic carboxylic acids is 2. The second-order valence-corrected chi connectivity index (χ2v) is 27.9. The molecule has 0 spiro atoms. The van der Waals surface area contributed by atoms with Crippen LogP contribution in [0.4, 0.5) is 0 Å². The highest BCUT2D eigenvalue weighted by molar-refractivity contribution is 7.38. The first-order valence-corrected chi connectivity index (χ1v) is 20.0. The third-order valence-electron chi connectivity index (χ3n) is 5.79. The molecule has 1 heterocycles. The zero-order chi connectivity index (χ0) is 23.0. The molecule has 1 aliphatic heterocycles. The third-order valence-corrected chi connectivity index (χ3v) is 24.7. The largest absolute Gasteiger partial charge is 0.478 e. The van der Waals surface area contributed by atoms with Gasteiger partial charge in [-0.05, 0) is 71.4 Å². The number of hydrogen-bond donors (Lipinski definition) is 2. The number of hydrogen-bond acceptors (Lipinski definition) is 4. The lowest BCUT2D eigenvalue weighted by molar-refractivity contribution is -0.136. The fraction of sp³-hybridized carbons (Fsp3) is 0.800. The molecule has 9 heteroatoms. The monoisotopic (exact) mass is 460 g/mol. The van der Waals surface area contributed by atoms with Crippen LogP contribution in [0.15, 0.2) is 11.1 Å². The quantitative estimate of drug-likeness (QED) is 0.383. The molecule has 0 aromatic rings. The molecule has 0 amide bonds. The van der Waals surface area contributed by atoms with Gasteiger partial charge >= 0.3 is 11.9 Å². The van der Waals surface area contributed by atoms with Gasteiger partial charge in [-0.1, -0.05) is 20.8 Å². The maximum absolute atomic E-state index is 12.5. The minimum Gasteiger partial charge on any atom is -0.478 e. The topological polar surface area (TPSA) is 93.1 Å². The highest BCUT2D eigenvalue weighted by Gasteiger charge is 2.64. The van der Waals surface area contributed by atoms with Crippen LogP contribution in [-0.2, 0) is 18.1 Å². The van der Waals surface area contributed by atoms with Crippen molar-refractivity contribution in [1.29, 1.82) is 0 Å². The van der Waals surface area contributed by atoms with Crippen molar-refractivity contribution in [1.82, 2.24) is 0 Å². The van der Waals surface area contributed by atoms with E-state index in [0.29, 0.717) is 6.42 Å². The summed E-state index contributed by atoms with van der Waals surface area (Å²) in [6, 6.07) is 0.809. The summed E-state index contributed by atoms with van der Waals surface area (Å²) in [6.45, 7) is 20.3. The Balaban J connectivity index is 3.88. The normalized spacial score (nSPS) is 26.0. The summed E-state index contributed by atoms with van der Waals surface area (Å²) in [5, 5.41) is 20.1. The molecule has 1 saturated heterocycles. The SMILES string of the molecule is CCC(C(C(=O)O)=C(C(=O)O)C(C)C)[Si]1(O[Si](C)(C)C)CCC(C)(C)O[Si]1(C)C. The molecule has 0 aromatic carbocycles. The minimum atomic E-state index is -2.77. The molecular formula is C20H40O6Si3. The Hall–Kier alpha value is -0.749. The molecule has 1 aliphatic rings. The molecule has 1 fully saturated rings. The molecule has 1 rings (SSSR count). The Bertz CT molecular complexity index is 678. The summed E-state index contributed by atoms with van der Waals surface area (Å²) in [5.41, 5.74) is -0.625. The van der Waals surface area contributed by atoms with Crippen LogP contribution < -0.4 is 0 Å². The lowest BCUT2D eigenvalue weighted by atomic mass is 9.94. The van der Waals surface area contributed by atoms with Gasteiger partial charge in [0.05, 0.1) is 11.2 Å². The second kappa shape index (κ2) is 8.78. The Morgan fingerprint density at radius 3 is 1.90 bits per heavy atom. The number of rotatable bonds is 8. The van der Waals surface area contributed by atoms with E-state index in [9.17, 15) is 19.8 Å². The molecule has 0 saturated carbocycles. The van der Waals surface area contributed by atoms with Crippen molar-refractivity contribution in [2.24, 2.45) is 5.92 Å². The summed E-state index contributed by atoms with van der Waals surface area (Å²) in [4.78, 5) is 24.6. The van der Waals surface area contributed by atoms with Gasteiger partial charge in [0.15, 0.2) is 8.32 Å². The van der Waals surface area contributed by atoms with E-state index in [0.717, 1.165) is 12.5 Å². The number of carbonyl (C=O) groups is 2. The van der Waals surface area contributed by atoms with Crippen LogP contribution in [0.2, 0.25) is 44.3 Å². The lowest BCUT2D eigenvalue weighted by Gasteiger charge is -2.56. The molecule has 0 aromatic heterocycles. The van der Waals surface area contributed by atoms with E-state index in [4.69, 9.17) is 8.54 Å². The summed E-state index contributed by atoms with van der Waals surface area (Å²) in [7, 11) is -7.28. The predicted octanol–water partition coefficient (Wildman–Crippen LogP) is 5.17. The summed E-state index contributed by atoms with van der Waals surface area (Å²) in [5.74, 6) is -2.68. The summed E-state index contributed by atoms with van der Waals surface area (Å²) < 4.78 is 13.7. The molecule has 168 valence electrons. The van der Waals surface area contributed by atoms with Crippen LogP contribution in [-0.4, -0.2) is 51.7 Å². The Labute approximate surface area is 178 Å². The van der Waals surface area contributed by atoms with Gasteiger partial charge in [0, 0.05) is 11.1 Å². The zero-order valence-corrected chi connectivity index (χ0v) is 22.8. The van der Waals surface area contributed by atoms with Crippen molar-refractivity contribution in [2.75, 3.05) is 0 Å². The smallest absolute Gasteiger partial charge is 0.332 e. The predicted molar refractivity (Wildman–Crippen MR) is 123 cm³/mol. The standard InChI is InChI=1S/C20H40O6Si3/c1-11-15(17(19(23)24)16(14(2)3)18(21)22)29(26-27(6,7)8)13-12-20(4,5)25-28(29,9)10/h14-15H,11-13H2,1-10H3,(H,21,22)(H,23,24). The third kappa shape index (κ3) is 5.69. The van der Waals surface area contributed by atoms with Crippen LogP contribution in [0.3, 0.4) is 0 Å². The van der Waals surface area contributed by atoms with Gasteiger partial charge < -0.3 is 18.8 Å². The van der Waals surface area contributed by atoms with E-state index in [-0.39, 0.29) is 16.7 Å². The first-order valence-electron chi connectivity index (χ1n) is 10.5. The number of carboxylic acids is 2. The first kappa shape index (κ1) is 26.3. The van der Waals surface area contributed by atoms with Gasteiger partial charge in [0.2, 0.25) is 15.7 Å². The highest BCUT2D eigenvalue weighted by Crippen LogP contribution is 2.51. The van der Waals surface area contributed by atoms with Gasteiger partial charge in [-0.2, -0.15) is 0 Å². The molecule has 6 nitrogen and oxygen atoms in total. The van der Waals surface area contributed by atoms with E-state index < -0.39 is 47.4 Å². The van der Waals surface area contributed by atoms with Crippen LogP contribution in [0, 0.1) is 5.92 Å². The fourth-order valence-electron chi connectivity index (χ4n) is 4.89. The maximum Gasteiger partial charge on any atom is 0.332 e. The van der Waals surface area contributed by atoms with E-state index in [1.165, 1.54) is 0 Å². The Kier molecular flexibility index (Phi) is 7.96. The minimum absolute atomic E-state index is 0.00466. The van der Waals surface area contributed by atoms with Gasteiger partial charge in [-0.15, -0.1) is 0 Å². The van der Waals surface area contributed by atoms with Gasteiger partial charge in [-0.3, -0.25) is 0 Å². The highest BCUT2D eigenvalue weighted by atomic mass is 29.3. The lowest BCUT2D eigenvalue weighted by Crippen LogP contribution is -2.73. The molecule has 29 heavy (non-hydrogen) atoms. The molecule has 0 aliphatic carbocycles. The van der Waals surface area contributed by atoms with Crippen molar-refractivity contribution in [3.8, 4) is 0 Å². The van der Waals surface area contributed by atoms with E-state index in [1.807, 2.05) is 6.92 Å². The maximum atomic E-state index is 12.5. The van der Waals surface area contributed by atoms with E-state index >= 15 is 0 Å². The van der Waals surface area contributed by atoms with Crippen molar-refractivity contribution in [3.63, 3.8) is 0 Å². The van der Waals surface area contributed by atoms with Crippen LogP contribution >= 0.6 is 0 Å². The molecule has 0 bridgehead atoms. The molecular weight excluding hydrogens is 420 g/mol. The average molecular weight is 461 g/mol. The van der Waals surface area contributed by atoms with Crippen molar-refractivity contribution in [3.05, 3.63) is 11.1 Å². The zero-order valence-electron chi connectivity index (χ0n) is 19.8. The summed E-state index contributed by atoms with van der Waals surface area (Å²) in [6.07, 6.45) is 1.34. The average Bonchev–Trinajstić information content (AvgIpc) is 2.47. The van der Waals surface area contributed by atoms with Crippen molar-refractivity contribution in [2.45, 2.75) is 97.4 Å². The second-order valence-electron chi connectivity index (χ2n) is 10.5. The summed E-state index contributed by atoms with van der Waals surface area (Å²) >= 11 is 0. The van der Waals surface area contributed by atoms with Crippen LogP contribution in [0.5, 0.6) is 0 Å². The Morgan fingerprint density at radius 1 is 1.10 bits per heavy atom. The van der Waals surface area contributed by atoms with Gasteiger partial charge in [0.1, 0.15) is 0 Å². The fourth-order valence-corrected chi connectivity index (χ4v) is 29.1. The molecule has 0 radical (unpaired) electrons. The molecule has 2 atom stereocenters. The van der Waals surface area contributed by atoms with Crippen molar-refractivity contribution >= 4 is 35.9 Å². The molecule has 2 N–H and O–H groups in total.